The maximum atomic E-state index is 12.2. The minimum atomic E-state index is -0.000694. The Balaban J connectivity index is 2.75. The molecule has 0 saturated heterocycles. The number of thiophene rings is 1. The van der Waals surface area contributed by atoms with E-state index in [9.17, 15) is 4.79 Å². The summed E-state index contributed by atoms with van der Waals surface area (Å²) in [7, 11) is 0. The fraction of sp³-hybridized carbons (Fsp3) is 0.500. The van der Waals surface area contributed by atoms with Crippen LogP contribution >= 0.6 is 24.0 Å². The van der Waals surface area contributed by atoms with Crippen LogP contribution in [0.1, 0.15) is 29.9 Å². The van der Waals surface area contributed by atoms with Crippen molar-refractivity contribution in [3.63, 3.8) is 0 Å². The number of carbonyl (C=O) groups excluding carboxylic acids is 1. The normalized spacial score (nSPS) is 10.3. The van der Waals surface area contributed by atoms with Gasteiger partial charge in [-0.15, -0.1) is 24.0 Å². The van der Waals surface area contributed by atoms with Gasteiger partial charge in [0.25, 0.3) is 5.91 Å². The Bertz CT molecular complexity index is 420. The number of rotatable bonds is 5. The third-order valence-electron chi connectivity index (χ3n) is 2.16. The molecule has 0 N–H and O–H groups in total. The zero-order chi connectivity index (χ0) is 12.8. The molecule has 0 aromatic carbocycles. The SMILES string of the molecule is CC(C)CN(CCC#N)C(=O)c1cc(S)cs1. The van der Waals surface area contributed by atoms with Gasteiger partial charge in [-0.3, -0.25) is 4.79 Å². The molecule has 3 nitrogen and oxygen atoms in total. The highest BCUT2D eigenvalue weighted by atomic mass is 32.1. The van der Waals surface area contributed by atoms with Crippen LogP contribution in [0.15, 0.2) is 16.3 Å². The van der Waals surface area contributed by atoms with Crippen molar-refractivity contribution in [2.24, 2.45) is 5.92 Å². The van der Waals surface area contributed by atoms with Crippen LogP contribution in [0, 0.1) is 17.2 Å². The second-order valence-electron chi connectivity index (χ2n) is 4.22. The van der Waals surface area contributed by atoms with Gasteiger partial charge in [0.15, 0.2) is 0 Å². The molecule has 1 rings (SSSR count). The van der Waals surface area contributed by atoms with Crippen LogP contribution in [-0.2, 0) is 0 Å². The van der Waals surface area contributed by atoms with E-state index in [2.05, 4.69) is 32.5 Å². The fourth-order valence-corrected chi connectivity index (χ4v) is 2.61. The van der Waals surface area contributed by atoms with Crippen molar-refractivity contribution in [2.45, 2.75) is 25.2 Å². The third kappa shape index (κ3) is 4.41. The molecule has 92 valence electrons. The molecule has 0 saturated carbocycles. The number of carbonyl (C=O) groups is 1. The number of thiol groups is 1. The monoisotopic (exact) mass is 268 g/mol. The second-order valence-corrected chi connectivity index (χ2v) is 5.65. The lowest BCUT2D eigenvalue weighted by Crippen LogP contribution is -2.34. The predicted molar refractivity (Wildman–Crippen MR) is 72.5 cm³/mol. The highest BCUT2D eigenvalue weighted by molar-refractivity contribution is 7.80. The molecule has 0 spiro atoms. The highest BCUT2D eigenvalue weighted by Crippen LogP contribution is 2.20. The molecule has 1 heterocycles. The Hall–Kier alpha value is -0.990. The lowest BCUT2D eigenvalue weighted by Gasteiger charge is -2.22. The Kier molecular flexibility index (Phi) is 5.52. The van der Waals surface area contributed by atoms with Crippen LogP contribution in [0.2, 0.25) is 0 Å². The number of nitrogens with zero attached hydrogens (tertiary/aromatic N) is 2. The molecule has 0 aliphatic rings. The molecule has 17 heavy (non-hydrogen) atoms. The topological polar surface area (TPSA) is 44.1 Å². The van der Waals surface area contributed by atoms with Crippen molar-refractivity contribution < 1.29 is 4.79 Å². The van der Waals surface area contributed by atoms with Gasteiger partial charge < -0.3 is 4.90 Å². The minimum Gasteiger partial charge on any atom is -0.337 e. The zero-order valence-electron chi connectivity index (χ0n) is 10.0. The van der Waals surface area contributed by atoms with Crippen LogP contribution in [0.5, 0.6) is 0 Å². The van der Waals surface area contributed by atoms with Crippen molar-refractivity contribution in [2.75, 3.05) is 13.1 Å². The quantitative estimate of drug-likeness (QED) is 0.834. The smallest absolute Gasteiger partial charge is 0.263 e. The van der Waals surface area contributed by atoms with Crippen LogP contribution in [0.3, 0.4) is 0 Å². The molecule has 5 heteroatoms. The maximum Gasteiger partial charge on any atom is 0.263 e. The van der Waals surface area contributed by atoms with Gasteiger partial charge in [0.1, 0.15) is 0 Å². The van der Waals surface area contributed by atoms with Crippen molar-refractivity contribution in [3.05, 3.63) is 16.3 Å². The van der Waals surface area contributed by atoms with E-state index >= 15 is 0 Å². The summed E-state index contributed by atoms with van der Waals surface area (Å²) in [6, 6.07) is 3.85. The molecule has 0 aliphatic heterocycles. The number of hydrogen-bond donors (Lipinski definition) is 1. The average Bonchev–Trinajstić information content (AvgIpc) is 2.69. The van der Waals surface area contributed by atoms with Crippen molar-refractivity contribution >= 4 is 29.9 Å². The van der Waals surface area contributed by atoms with Crippen LogP contribution in [-0.4, -0.2) is 23.9 Å². The summed E-state index contributed by atoms with van der Waals surface area (Å²) in [5, 5.41) is 10.4. The summed E-state index contributed by atoms with van der Waals surface area (Å²) >= 11 is 5.59. The first-order valence-corrected chi connectivity index (χ1v) is 6.81. The molecular weight excluding hydrogens is 252 g/mol. The average molecular weight is 268 g/mol. The van der Waals surface area contributed by atoms with Gasteiger partial charge in [0, 0.05) is 23.4 Å². The van der Waals surface area contributed by atoms with Crippen molar-refractivity contribution in [1.82, 2.24) is 4.90 Å². The van der Waals surface area contributed by atoms with Crippen molar-refractivity contribution in [3.8, 4) is 6.07 Å². The van der Waals surface area contributed by atoms with Gasteiger partial charge >= 0.3 is 0 Å². The van der Waals surface area contributed by atoms with Gasteiger partial charge in [-0.2, -0.15) is 5.26 Å². The summed E-state index contributed by atoms with van der Waals surface area (Å²) in [6.45, 7) is 5.30. The first-order valence-electron chi connectivity index (χ1n) is 5.48. The van der Waals surface area contributed by atoms with Crippen LogP contribution < -0.4 is 0 Å². The lowest BCUT2D eigenvalue weighted by atomic mass is 10.2. The van der Waals surface area contributed by atoms with Gasteiger partial charge in [0.2, 0.25) is 0 Å². The van der Waals surface area contributed by atoms with Gasteiger partial charge in [-0.25, -0.2) is 0 Å². The Morgan fingerprint density at radius 1 is 1.65 bits per heavy atom. The van der Waals surface area contributed by atoms with E-state index in [-0.39, 0.29) is 5.91 Å². The molecule has 1 aromatic heterocycles. The van der Waals surface area contributed by atoms with E-state index in [0.717, 1.165) is 4.90 Å². The summed E-state index contributed by atoms with van der Waals surface area (Å²) in [5.74, 6) is 0.396. The summed E-state index contributed by atoms with van der Waals surface area (Å²) in [6.07, 6.45) is 0.373. The minimum absolute atomic E-state index is 0.000694. The molecule has 0 unspecified atom stereocenters. The molecule has 0 fully saturated rings. The zero-order valence-corrected chi connectivity index (χ0v) is 11.7. The number of hydrogen-bond acceptors (Lipinski definition) is 4. The molecule has 0 radical (unpaired) electrons. The largest absolute Gasteiger partial charge is 0.337 e. The van der Waals surface area contributed by atoms with E-state index in [1.807, 2.05) is 5.38 Å². The Morgan fingerprint density at radius 2 is 2.35 bits per heavy atom. The molecular formula is C12H16N2OS2. The molecule has 1 aromatic rings. The van der Waals surface area contributed by atoms with E-state index in [4.69, 9.17) is 5.26 Å². The van der Waals surface area contributed by atoms with Crippen LogP contribution in [0.4, 0.5) is 0 Å². The van der Waals surface area contributed by atoms with E-state index < -0.39 is 0 Å². The summed E-state index contributed by atoms with van der Waals surface area (Å²) < 4.78 is 0. The van der Waals surface area contributed by atoms with Gasteiger partial charge in [-0.05, 0) is 12.0 Å². The standard InChI is InChI=1S/C12H16N2OS2/c1-9(2)7-14(5-3-4-13)12(15)11-6-10(16)8-17-11/h6,8-9,16H,3,5,7H2,1-2H3. The third-order valence-corrected chi connectivity index (χ3v) is 3.51. The molecule has 1 amide bonds. The molecule has 0 atom stereocenters. The van der Waals surface area contributed by atoms with E-state index in [1.54, 1.807) is 11.0 Å². The van der Waals surface area contributed by atoms with E-state index in [1.165, 1.54) is 11.3 Å². The predicted octanol–water partition coefficient (Wildman–Crippen LogP) is 3.05. The summed E-state index contributed by atoms with van der Waals surface area (Å²) in [4.78, 5) is 15.4. The fourth-order valence-electron chi connectivity index (χ4n) is 1.50. The van der Waals surface area contributed by atoms with Crippen molar-refractivity contribution in [1.29, 1.82) is 5.26 Å². The lowest BCUT2D eigenvalue weighted by molar-refractivity contribution is 0.0744. The number of amides is 1. The second kappa shape index (κ2) is 6.67. The molecule has 0 bridgehead atoms. The van der Waals surface area contributed by atoms with E-state index in [0.29, 0.717) is 30.3 Å². The molecule has 0 aliphatic carbocycles. The first-order chi connectivity index (χ1) is 8.04. The highest BCUT2D eigenvalue weighted by Gasteiger charge is 2.17. The Labute approximate surface area is 111 Å². The number of nitriles is 1. The maximum absolute atomic E-state index is 12.2. The van der Waals surface area contributed by atoms with Gasteiger partial charge in [-0.1, -0.05) is 13.8 Å². The Morgan fingerprint density at radius 3 is 2.82 bits per heavy atom. The summed E-state index contributed by atoms with van der Waals surface area (Å²) in [5.41, 5.74) is 0. The van der Waals surface area contributed by atoms with Gasteiger partial charge in [0.05, 0.1) is 17.4 Å². The van der Waals surface area contributed by atoms with Crippen LogP contribution in [0.25, 0.3) is 0 Å². The first kappa shape index (κ1) is 14.1.